The summed E-state index contributed by atoms with van der Waals surface area (Å²) >= 11 is 1.51. The molecular formula is C20H22FN3O2S. The van der Waals surface area contributed by atoms with Gasteiger partial charge in [0.2, 0.25) is 5.88 Å². The minimum Gasteiger partial charge on any atom is -0.481 e. The topological polar surface area (TPSA) is 69.7 Å². The van der Waals surface area contributed by atoms with Crippen molar-refractivity contribution in [3.63, 3.8) is 0 Å². The van der Waals surface area contributed by atoms with Gasteiger partial charge in [0.1, 0.15) is 11.4 Å². The maximum absolute atomic E-state index is 15.0. The van der Waals surface area contributed by atoms with E-state index in [2.05, 4.69) is 11.9 Å². The van der Waals surface area contributed by atoms with Gasteiger partial charge in [-0.05, 0) is 30.7 Å². The molecule has 5 nitrogen and oxygen atoms in total. The van der Waals surface area contributed by atoms with Crippen molar-refractivity contribution in [2.45, 2.75) is 25.0 Å². The third-order valence-electron chi connectivity index (χ3n) is 5.36. The van der Waals surface area contributed by atoms with Gasteiger partial charge in [-0.2, -0.15) is 0 Å². The first-order valence-corrected chi connectivity index (χ1v) is 9.97. The van der Waals surface area contributed by atoms with Crippen LogP contribution in [0, 0.1) is 11.7 Å². The largest absolute Gasteiger partial charge is 0.481 e. The number of thioether (sulfide) groups is 1. The molecule has 3 atom stereocenters. The third-order valence-corrected chi connectivity index (χ3v) is 6.28. The molecule has 0 bridgehead atoms. The second-order valence-corrected chi connectivity index (χ2v) is 7.85. The summed E-state index contributed by atoms with van der Waals surface area (Å²) in [5, 5.41) is 0.482. The van der Waals surface area contributed by atoms with E-state index in [4.69, 9.17) is 20.2 Å². The minimum atomic E-state index is -0.783. The van der Waals surface area contributed by atoms with Crippen LogP contribution >= 0.6 is 11.8 Å². The van der Waals surface area contributed by atoms with Crippen molar-refractivity contribution in [1.29, 1.82) is 0 Å². The SMILES string of the molecule is CC[C@H]1OC[C@]2(c3cc(-c4cccc(OC)n4)ccc3F)N=C(N)SC[C@H]12. The number of halogens is 1. The molecule has 0 spiro atoms. The maximum Gasteiger partial charge on any atom is 0.213 e. The molecule has 2 aromatic rings. The predicted molar refractivity (Wildman–Crippen MR) is 105 cm³/mol. The highest BCUT2D eigenvalue weighted by molar-refractivity contribution is 8.13. The lowest BCUT2D eigenvalue weighted by Gasteiger charge is -2.36. The van der Waals surface area contributed by atoms with Crippen molar-refractivity contribution < 1.29 is 13.9 Å². The Morgan fingerprint density at radius 1 is 1.37 bits per heavy atom. The summed E-state index contributed by atoms with van der Waals surface area (Å²) in [7, 11) is 1.57. The second-order valence-electron chi connectivity index (χ2n) is 6.81. The molecule has 27 heavy (non-hydrogen) atoms. The number of nitrogens with two attached hydrogens (primary N) is 1. The van der Waals surface area contributed by atoms with E-state index < -0.39 is 5.54 Å². The molecule has 7 heteroatoms. The van der Waals surface area contributed by atoms with E-state index in [1.807, 2.05) is 18.2 Å². The van der Waals surface area contributed by atoms with Crippen LogP contribution in [-0.2, 0) is 10.3 Å². The average Bonchev–Trinajstić information content (AvgIpc) is 3.07. The summed E-state index contributed by atoms with van der Waals surface area (Å²) in [5.74, 6) is 1.08. The number of methoxy groups -OCH3 is 1. The first kappa shape index (κ1) is 18.3. The fraction of sp³-hybridized carbons (Fsp3) is 0.400. The zero-order valence-corrected chi connectivity index (χ0v) is 16.1. The van der Waals surface area contributed by atoms with Crippen LogP contribution in [0.1, 0.15) is 18.9 Å². The first-order valence-electron chi connectivity index (χ1n) is 8.98. The van der Waals surface area contributed by atoms with Crippen molar-refractivity contribution in [2.24, 2.45) is 16.6 Å². The zero-order chi connectivity index (χ0) is 19.0. The number of ether oxygens (including phenoxy) is 2. The Hall–Kier alpha value is -2.12. The van der Waals surface area contributed by atoms with E-state index in [-0.39, 0.29) is 17.8 Å². The molecule has 2 aliphatic heterocycles. The first-order chi connectivity index (χ1) is 13.1. The Bertz CT molecular complexity index is 891. The van der Waals surface area contributed by atoms with Gasteiger partial charge in [-0.25, -0.2) is 14.4 Å². The molecule has 3 heterocycles. The quantitative estimate of drug-likeness (QED) is 0.868. The van der Waals surface area contributed by atoms with Crippen LogP contribution in [0.2, 0.25) is 0 Å². The molecule has 0 saturated carbocycles. The molecule has 0 amide bonds. The van der Waals surface area contributed by atoms with Gasteiger partial charge in [0.15, 0.2) is 5.17 Å². The van der Waals surface area contributed by atoms with Gasteiger partial charge in [-0.3, -0.25) is 0 Å². The number of aromatic nitrogens is 1. The zero-order valence-electron chi connectivity index (χ0n) is 15.3. The van der Waals surface area contributed by atoms with Crippen molar-refractivity contribution in [3.8, 4) is 17.1 Å². The van der Waals surface area contributed by atoms with Crippen LogP contribution in [0.3, 0.4) is 0 Å². The fourth-order valence-electron chi connectivity index (χ4n) is 3.97. The van der Waals surface area contributed by atoms with Crippen LogP contribution in [0.15, 0.2) is 41.4 Å². The fourth-order valence-corrected chi connectivity index (χ4v) is 5.04. The Kier molecular flexibility index (Phi) is 4.82. The molecule has 0 aliphatic carbocycles. The Balaban J connectivity index is 1.84. The van der Waals surface area contributed by atoms with Gasteiger partial charge < -0.3 is 15.2 Å². The molecule has 0 unspecified atom stereocenters. The van der Waals surface area contributed by atoms with Gasteiger partial charge in [0.05, 0.1) is 25.5 Å². The van der Waals surface area contributed by atoms with Crippen LogP contribution in [0.4, 0.5) is 4.39 Å². The van der Waals surface area contributed by atoms with Crippen molar-refractivity contribution in [2.75, 3.05) is 19.5 Å². The van der Waals surface area contributed by atoms with E-state index in [0.29, 0.717) is 23.2 Å². The van der Waals surface area contributed by atoms with E-state index in [9.17, 15) is 4.39 Å². The average molecular weight is 387 g/mol. The molecule has 142 valence electrons. The Morgan fingerprint density at radius 3 is 3.00 bits per heavy atom. The summed E-state index contributed by atoms with van der Waals surface area (Å²) in [6.07, 6.45) is 0.911. The highest BCUT2D eigenvalue weighted by atomic mass is 32.2. The number of rotatable bonds is 4. The smallest absolute Gasteiger partial charge is 0.213 e. The summed E-state index contributed by atoms with van der Waals surface area (Å²) in [6, 6.07) is 10.6. The van der Waals surface area contributed by atoms with E-state index in [1.165, 1.54) is 17.8 Å². The molecule has 2 aliphatic rings. The van der Waals surface area contributed by atoms with E-state index >= 15 is 0 Å². The molecular weight excluding hydrogens is 365 g/mol. The number of nitrogens with zero attached hydrogens (tertiary/aromatic N) is 2. The molecule has 1 fully saturated rings. The van der Waals surface area contributed by atoms with Crippen LogP contribution in [-0.4, -0.2) is 35.7 Å². The number of hydrogen-bond acceptors (Lipinski definition) is 6. The summed E-state index contributed by atoms with van der Waals surface area (Å²) < 4.78 is 26.2. The van der Waals surface area contributed by atoms with E-state index in [1.54, 1.807) is 19.2 Å². The van der Waals surface area contributed by atoms with Crippen LogP contribution in [0.25, 0.3) is 11.3 Å². The van der Waals surface area contributed by atoms with Gasteiger partial charge in [0, 0.05) is 28.9 Å². The molecule has 4 rings (SSSR count). The van der Waals surface area contributed by atoms with Crippen molar-refractivity contribution in [1.82, 2.24) is 4.98 Å². The molecule has 2 N–H and O–H groups in total. The number of fused-ring (bicyclic) bond motifs is 1. The Morgan fingerprint density at radius 2 is 2.22 bits per heavy atom. The highest BCUT2D eigenvalue weighted by Gasteiger charge is 2.53. The van der Waals surface area contributed by atoms with Crippen LogP contribution < -0.4 is 10.5 Å². The highest BCUT2D eigenvalue weighted by Crippen LogP contribution is 2.49. The molecule has 1 aromatic carbocycles. The molecule has 1 saturated heterocycles. The maximum atomic E-state index is 15.0. The van der Waals surface area contributed by atoms with Gasteiger partial charge in [-0.15, -0.1) is 0 Å². The van der Waals surface area contributed by atoms with Gasteiger partial charge in [-0.1, -0.05) is 24.8 Å². The summed E-state index contributed by atoms with van der Waals surface area (Å²) in [5.41, 5.74) is 7.31. The number of hydrogen-bond donors (Lipinski definition) is 1. The summed E-state index contributed by atoms with van der Waals surface area (Å²) in [4.78, 5) is 9.19. The third kappa shape index (κ3) is 3.08. The predicted octanol–water partition coefficient (Wildman–Crippen LogP) is 3.58. The minimum absolute atomic E-state index is 0.0485. The monoisotopic (exact) mass is 387 g/mol. The van der Waals surface area contributed by atoms with Crippen LogP contribution in [0.5, 0.6) is 5.88 Å². The van der Waals surface area contributed by atoms with E-state index in [0.717, 1.165) is 23.4 Å². The number of pyridine rings is 1. The lowest BCUT2D eigenvalue weighted by atomic mass is 9.77. The lowest BCUT2D eigenvalue weighted by Crippen LogP contribution is -2.42. The normalized spacial score (nSPS) is 27.1. The molecule has 1 aromatic heterocycles. The standard InChI is InChI=1S/C20H22FN3O2S/c1-3-17-14-10-27-19(22)24-20(14,11-26-17)13-9-12(7-8-15(13)21)16-5-4-6-18(23-16)25-2/h4-9,14,17H,3,10-11H2,1-2H3,(H2,22,24)/t14-,17-,20-/m1/s1. The van der Waals surface area contributed by atoms with Crippen molar-refractivity contribution >= 4 is 16.9 Å². The number of amidine groups is 1. The second kappa shape index (κ2) is 7.13. The molecule has 0 radical (unpaired) electrons. The van der Waals surface area contributed by atoms with Gasteiger partial charge >= 0.3 is 0 Å². The van der Waals surface area contributed by atoms with Crippen molar-refractivity contribution in [3.05, 3.63) is 47.8 Å². The van der Waals surface area contributed by atoms with Gasteiger partial charge in [0.25, 0.3) is 0 Å². The summed E-state index contributed by atoms with van der Waals surface area (Å²) in [6.45, 7) is 2.42. The number of aliphatic imine (C=N–C) groups is 1. The number of benzene rings is 1. The lowest BCUT2D eigenvalue weighted by molar-refractivity contribution is 0.0904. The Labute approximate surface area is 162 Å².